The van der Waals surface area contributed by atoms with Gasteiger partial charge in [-0.15, -0.1) is 11.3 Å². The van der Waals surface area contributed by atoms with Crippen molar-refractivity contribution in [3.63, 3.8) is 0 Å². The van der Waals surface area contributed by atoms with Crippen LogP contribution in [0.5, 0.6) is 0 Å². The molecule has 0 radical (unpaired) electrons. The Morgan fingerprint density at radius 3 is 3.14 bits per heavy atom. The van der Waals surface area contributed by atoms with Gasteiger partial charge in [-0.3, -0.25) is 4.79 Å². The Morgan fingerprint density at radius 2 is 2.43 bits per heavy atom. The van der Waals surface area contributed by atoms with Crippen LogP contribution in [0.4, 0.5) is 0 Å². The Kier molecular flexibility index (Phi) is 3.80. The normalized spacial score (nSPS) is 33.9. The van der Waals surface area contributed by atoms with Gasteiger partial charge in [0, 0.05) is 36.3 Å². The van der Waals surface area contributed by atoms with Gasteiger partial charge >= 0.3 is 0 Å². The lowest BCUT2D eigenvalue weighted by molar-refractivity contribution is -0.225. The van der Waals surface area contributed by atoms with Gasteiger partial charge in [-0.05, 0) is 12.8 Å². The third-order valence-electron chi connectivity index (χ3n) is 5.21. The summed E-state index contributed by atoms with van der Waals surface area (Å²) in [4.78, 5) is 16.9. The van der Waals surface area contributed by atoms with E-state index in [1.165, 1.54) is 0 Å². The van der Waals surface area contributed by atoms with Crippen molar-refractivity contribution in [3.05, 3.63) is 16.6 Å². The Morgan fingerprint density at radius 1 is 1.62 bits per heavy atom. The van der Waals surface area contributed by atoms with Crippen molar-refractivity contribution in [2.75, 3.05) is 13.2 Å². The van der Waals surface area contributed by atoms with Gasteiger partial charge in [0.2, 0.25) is 5.91 Å². The molecule has 0 aromatic carbocycles. The molecular weight excluding hydrogens is 286 g/mol. The molecule has 2 fully saturated rings. The van der Waals surface area contributed by atoms with Crippen molar-refractivity contribution < 1.29 is 9.53 Å². The van der Waals surface area contributed by atoms with Crippen LogP contribution in [0.1, 0.15) is 32.4 Å². The zero-order valence-electron chi connectivity index (χ0n) is 12.6. The van der Waals surface area contributed by atoms with Crippen LogP contribution < -0.4 is 11.1 Å². The zero-order valence-corrected chi connectivity index (χ0v) is 13.4. The lowest BCUT2D eigenvalue weighted by atomic mass is 9.46. The number of rotatable bonds is 4. The number of hydrogen-bond donors (Lipinski definition) is 2. The van der Waals surface area contributed by atoms with E-state index in [-0.39, 0.29) is 23.3 Å². The van der Waals surface area contributed by atoms with Crippen molar-refractivity contribution in [1.82, 2.24) is 10.3 Å². The van der Waals surface area contributed by atoms with E-state index in [9.17, 15) is 4.79 Å². The zero-order chi connectivity index (χ0) is 15.1. The van der Waals surface area contributed by atoms with Crippen molar-refractivity contribution in [3.8, 4) is 0 Å². The summed E-state index contributed by atoms with van der Waals surface area (Å²) in [6.45, 7) is 5.45. The van der Waals surface area contributed by atoms with E-state index in [1.54, 1.807) is 16.8 Å². The quantitative estimate of drug-likeness (QED) is 0.880. The first-order valence-electron chi connectivity index (χ1n) is 7.54. The SMILES string of the molecule is CC1(C)C2OCCCC2C1(N)C(=O)NCCc1cscn1. The Hall–Kier alpha value is -0.980. The maximum atomic E-state index is 12.6. The molecule has 2 heterocycles. The minimum absolute atomic E-state index is 0.0468. The van der Waals surface area contributed by atoms with Gasteiger partial charge in [0.15, 0.2) is 0 Å². The standard InChI is InChI=1S/C15H23N3O2S/c1-14(2)12-11(4-3-7-20-12)15(14,16)13(19)17-6-5-10-8-21-9-18-10/h8-9,11-12H,3-7,16H2,1-2H3,(H,17,19). The van der Waals surface area contributed by atoms with E-state index in [0.717, 1.165) is 31.6 Å². The highest BCUT2D eigenvalue weighted by molar-refractivity contribution is 7.07. The predicted molar refractivity (Wildman–Crippen MR) is 82.0 cm³/mol. The fraction of sp³-hybridized carbons (Fsp3) is 0.733. The molecule has 1 aliphatic carbocycles. The van der Waals surface area contributed by atoms with E-state index in [1.807, 2.05) is 19.2 Å². The summed E-state index contributed by atoms with van der Waals surface area (Å²) in [5.41, 5.74) is 8.21. The molecule has 1 saturated carbocycles. The molecule has 1 saturated heterocycles. The molecule has 0 bridgehead atoms. The molecule has 1 aliphatic heterocycles. The first kappa shape index (κ1) is 14.9. The molecule has 6 heteroatoms. The molecule has 21 heavy (non-hydrogen) atoms. The number of ether oxygens (including phenoxy) is 1. The number of amides is 1. The summed E-state index contributed by atoms with van der Waals surface area (Å²) < 4.78 is 5.83. The number of nitrogens with one attached hydrogen (secondary N) is 1. The molecule has 3 atom stereocenters. The lowest BCUT2D eigenvalue weighted by Crippen LogP contribution is -2.82. The molecule has 3 unspecified atom stereocenters. The second-order valence-electron chi connectivity index (χ2n) is 6.62. The highest BCUT2D eigenvalue weighted by Gasteiger charge is 2.70. The molecule has 5 nitrogen and oxygen atoms in total. The van der Waals surface area contributed by atoms with Crippen molar-refractivity contribution in [2.24, 2.45) is 17.1 Å². The molecule has 1 aromatic rings. The van der Waals surface area contributed by atoms with Crippen LogP contribution in [0.3, 0.4) is 0 Å². The minimum atomic E-state index is -0.819. The molecule has 1 aromatic heterocycles. The Balaban J connectivity index is 1.62. The number of hydrogen-bond acceptors (Lipinski definition) is 5. The van der Waals surface area contributed by atoms with Gasteiger partial charge in [-0.25, -0.2) is 4.98 Å². The Labute approximate surface area is 129 Å². The number of carbonyl (C=O) groups excluding carboxylic acids is 1. The predicted octanol–water partition coefficient (Wildman–Crippen LogP) is 1.33. The first-order chi connectivity index (χ1) is 9.98. The van der Waals surface area contributed by atoms with Crippen molar-refractivity contribution in [2.45, 2.75) is 44.8 Å². The van der Waals surface area contributed by atoms with E-state index >= 15 is 0 Å². The van der Waals surface area contributed by atoms with Crippen molar-refractivity contribution in [1.29, 1.82) is 0 Å². The van der Waals surface area contributed by atoms with Crippen LogP contribution in [0.25, 0.3) is 0 Å². The number of fused-ring (bicyclic) bond motifs is 1. The summed E-state index contributed by atoms with van der Waals surface area (Å²) in [6, 6.07) is 0. The maximum absolute atomic E-state index is 12.6. The highest BCUT2D eigenvalue weighted by Crippen LogP contribution is 2.57. The van der Waals surface area contributed by atoms with Crippen LogP contribution >= 0.6 is 11.3 Å². The van der Waals surface area contributed by atoms with Gasteiger partial charge < -0.3 is 15.8 Å². The highest BCUT2D eigenvalue weighted by atomic mass is 32.1. The summed E-state index contributed by atoms with van der Waals surface area (Å²) >= 11 is 1.57. The molecular formula is C15H23N3O2S. The van der Waals surface area contributed by atoms with Crippen LogP contribution in [0.15, 0.2) is 10.9 Å². The number of thiazole rings is 1. The van der Waals surface area contributed by atoms with Gasteiger partial charge in [0.25, 0.3) is 0 Å². The van der Waals surface area contributed by atoms with Gasteiger partial charge in [-0.1, -0.05) is 13.8 Å². The number of nitrogens with two attached hydrogens (primary N) is 1. The van der Waals surface area contributed by atoms with E-state index in [2.05, 4.69) is 10.3 Å². The van der Waals surface area contributed by atoms with Crippen LogP contribution in [-0.4, -0.2) is 35.7 Å². The van der Waals surface area contributed by atoms with E-state index in [4.69, 9.17) is 10.5 Å². The molecule has 0 spiro atoms. The maximum Gasteiger partial charge on any atom is 0.241 e. The fourth-order valence-electron chi connectivity index (χ4n) is 3.85. The molecule has 3 rings (SSSR count). The second kappa shape index (κ2) is 5.34. The monoisotopic (exact) mass is 309 g/mol. The summed E-state index contributed by atoms with van der Waals surface area (Å²) in [7, 11) is 0. The summed E-state index contributed by atoms with van der Waals surface area (Å²) in [5.74, 6) is 0.0926. The topological polar surface area (TPSA) is 77.2 Å². The molecule has 1 amide bonds. The smallest absolute Gasteiger partial charge is 0.241 e. The third-order valence-corrected chi connectivity index (χ3v) is 5.85. The van der Waals surface area contributed by atoms with Gasteiger partial charge in [0.1, 0.15) is 5.54 Å². The van der Waals surface area contributed by atoms with Gasteiger partial charge in [-0.2, -0.15) is 0 Å². The Bertz CT molecular complexity index is 517. The number of nitrogens with zero attached hydrogens (tertiary/aromatic N) is 1. The lowest BCUT2D eigenvalue weighted by Gasteiger charge is -2.65. The number of carbonyl (C=O) groups is 1. The average Bonchev–Trinajstić information content (AvgIpc) is 2.99. The number of aromatic nitrogens is 1. The van der Waals surface area contributed by atoms with Crippen molar-refractivity contribution >= 4 is 17.2 Å². The molecule has 2 aliphatic rings. The fourth-order valence-corrected chi connectivity index (χ4v) is 4.44. The third kappa shape index (κ3) is 2.20. The summed E-state index contributed by atoms with van der Waals surface area (Å²) in [6.07, 6.45) is 2.82. The second-order valence-corrected chi connectivity index (χ2v) is 7.34. The van der Waals surface area contributed by atoms with Gasteiger partial charge in [0.05, 0.1) is 17.3 Å². The molecule has 116 valence electrons. The summed E-state index contributed by atoms with van der Waals surface area (Å²) in [5, 5.41) is 5.00. The first-order valence-corrected chi connectivity index (χ1v) is 8.48. The molecule has 3 N–H and O–H groups in total. The minimum Gasteiger partial charge on any atom is -0.377 e. The largest absolute Gasteiger partial charge is 0.377 e. The van der Waals surface area contributed by atoms with Crippen LogP contribution in [-0.2, 0) is 16.0 Å². The average molecular weight is 309 g/mol. The van der Waals surface area contributed by atoms with Crippen LogP contribution in [0, 0.1) is 11.3 Å². The van der Waals surface area contributed by atoms with E-state index in [0.29, 0.717) is 6.54 Å². The van der Waals surface area contributed by atoms with Crippen LogP contribution in [0.2, 0.25) is 0 Å². The van der Waals surface area contributed by atoms with E-state index < -0.39 is 5.54 Å².